The van der Waals surface area contributed by atoms with Crippen LogP contribution in [-0.2, 0) is 6.54 Å². The third-order valence-corrected chi connectivity index (χ3v) is 4.28. The van der Waals surface area contributed by atoms with Crippen LogP contribution in [0.25, 0.3) is 0 Å². The van der Waals surface area contributed by atoms with Gasteiger partial charge >= 0.3 is 7.12 Å². The molecule has 0 aromatic heterocycles. The Bertz CT molecular complexity index is 460. The number of benzene rings is 1. The van der Waals surface area contributed by atoms with E-state index >= 15 is 0 Å². The van der Waals surface area contributed by atoms with Crippen molar-refractivity contribution in [2.24, 2.45) is 0 Å². The highest BCUT2D eigenvalue weighted by molar-refractivity contribution is 6.58. The zero-order chi connectivity index (χ0) is 15.4. The normalized spacial score (nSPS) is 17.2. The van der Waals surface area contributed by atoms with E-state index in [1.165, 1.54) is 0 Å². The summed E-state index contributed by atoms with van der Waals surface area (Å²) < 4.78 is 5.38. The molecule has 0 amide bonds. The lowest BCUT2D eigenvalue weighted by Crippen LogP contribution is -2.41. The van der Waals surface area contributed by atoms with Gasteiger partial charge in [-0.25, -0.2) is 0 Å². The average molecular weight is 292 g/mol. The van der Waals surface area contributed by atoms with E-state index in [1.54, 1.807) is 19.2 Å². The summed E-state index contributed by atoms with van der Waals surface area (Å²) in [4.78, 5) is 4.69. The molecule has 1 heterocycles. The molecule has 116 valence electrons. The number of likely N-dealkylation sites (tertiary alicyclic amines) is 1. The van der Waals surface area contributed by atoms with Crippen LogP contribution in [0.2, 0.25) is 0 Å². The van der Waals surface area contributed by atoms with Crippen molar-refractivity contribution < 1.29 is 14.8 Å². The molecule has 6 heteroatoms. The van der Waals surface area contributed by atoms with E-state index in [4.69, 9.17) is 4.74 Å². The number of piperidine rings is 1. The summed E-state index contributed by atoms with van der Waals surface area (Å²) in [5.41, 5.74) is 1.51. The lowest BCUT2D eigenvalue weighted by Gasteiger charge is -2.35. The van der Waals surface area contributed by atoms with Crippen molar-refractivity contribution in [2.75, 3.05) is 34.3 Å². The molecule has 0 spiro atoms. The van der Waals surface area contributed by atoms with Crippen molar-refractivity contribution in [3.05, 3.63) is 23.8 Å². The molecular formula is C15H25BN2O3. The van der Waals surface area contributed by atoms with Crippen LogP contribution in [0.15, 0.2) is 18.2 Å². The summed E-state index contributed by atoms with van der Waals surface area (Å²) in [6, 6.07) is 5.97. The largest absolute Gasteiger partial charge is 0.496 e. The smallest absolute Gasteiger partial charge is 0.488 e. The standard InChI is InChI=1S/C15H25BN2O3/c1-17(2)14-6-8-18(9-7-14)11-12-10-13(16(19)20)4-5-15(12)21-3/h4-5,10,14,19-20H,6-9,11H2,1-3H3. The van der Waals surface area contributed by atoms with Gasteiger partial charge in [-0.15, -0.1) is 0 Å². The molecule has 1 aliphatic rings. The van der Waals surface area contributed by atoms with Crippen molar-refractivity contribution in [3.63, 3.8) is 0 Å². The lowest BCUT2D eigenvalue weighted by atomic mass is 9.79. The van der Waals surface area contributed by atoms with E-state index in [1.807, 2.05) is 6.07 Å². The van der Waals surface area contributed by atoms with Crippen LogP contribution in [0, 0.1) is 0 Å². The van der Waals surface area contributed by atoms with Crippen molar-refractivity contribution in [3.8, 4) is 5.75 Å². The van der Waals surface area contributed by atoms with E-state index in [-0.39, 0.29) is 0 Å². The van der Waals surface area contributed by atoms with Gasteiger partial charge in [0.25, 0.3) is 0 Å². The Morgan fingerprint density at radius 1 is 1.29 bits per heavy atom. The second-order valence-corrected chi connectivity index (χ2v) is 5.92. The Morgan fingerprint density at radius 3 is 2.48 bits per heavy atom. The maximum absolute atomic E-state index is 9.31. The molecular weight excluding hydrogens is 267 g/mol. The molecule has 0 atom stereocenters. The third kappa shape index (κ3) is 4.20. The molecule has 5 nitrogen and oxygen atoms in total. The number of methoxy groups -OCH3 is 1. The molecule has 2 N–H and O–H groups in total. The fraction of sp³-hybridized carbons (Fsp3) is 0.600. The summed E-state index contributed by atoms with van der Waals surface area (Å²) >= 11 is 0. The Balaban J connectivity index is 2.04. The van der Waals surface area contributed by atoms with E-state index in [0.29, 0.717) is 11.5 Å². The molecule has 1 fully saturated rings. The van der Waals surface area contributed by atoms with Gasteiger partial charge in [-0.05, 0) is 51.6 Å². The van der Waals surface area contributed by atoms with Crippen LogP contribution >= 0.6 is 0 Å². The van der Waals surface area contributed by atoms with Gasteiger partial charge in [0, 0.05) is 18.2 Å². The van der Waals surface area contributed by atoms with Gasteiger partial charge in [0.15, 0.2) is 0 Å². The molecule has 1 aromatic carbocycles. The second-order valence-electron chi connectivity index (χ2n) is 5.92. The molecule has 0 radical (unpaired) electrons. The van der Waals surface area contributed by atoms with Crippen LogP contribution in [0.5, 0.6) is 5.75 Å². The molecule has 21 heavy (non-hydrogen) atoms. The van der Waals surface area contributed by atoms with Gasteiger partial charge in [-0.3, -0.25) is 4.90 Å². The van der Waals surface area contributed by atoms with E-state index in [9.17, 15) is 10.0 Å². The SMILES string of the molecule is COc1ccc(B(O)O)cc1CN1CCC(N(C)C)CC1. The first kappa shape index (κ1) is 16.3. The maximum atomic E-state index is 9.31. The van der Waals surface area contributed by atoms with Crippen LogP contribution in [-0.4, -0.2) is 67.3 Å². The Labute approximate surface area is 127 Å². The maximum Gasteiger partial charge on any atom is 0.488 e. The van der Waals surface area contributed by atoms with Crippen LogP contribution in [0.4, 0.5) is 0 Å². The molecule has 2 rings (SSSR count). The minimum absolute atomic E-state index is 0.508. The first-order valence-electron chi connectivity index (χ1n) is 7.43. The van der Waals surface area contributed by atoms with Gasteiger partial charge in [-0.2, -0.15) is 0 Å². The fourth-order valence-electron chi connectivity index (χ4n) is 2.92. The van der Waals surface area contributed by atoms with Gasteiger partial charge < -0.3 is 19.7 Å². The number of hydrogen-bond donors (Lipinski definition) is 2. The Hall–Kier alpha value is -1.08. The number of ether oxygens (including phenoxy) is 1. The zero-order valence-corrected chi connectivity index (χ0v) is 13.1. The van der Waals surface area contributed by atoms with Gasteiger partial charge in [0.1, 0.15) is 5.75 Å². The minimum atomic E-state index is -1.44. The van der Waals surface area contributed by atoms with E-state index in [2.05, 4.69) is 23.9 Å². The number of nitrogens with zero attached hydrogens (tertiary/aromatic N) is 2. The summed E-state index contributed by atoms with van der Waals surface area (Å²) in [6.07, 6.45) is 2.33. The topological polar surface area (TPSA) is 56.2 Å². The molecule has 0 aliphatic carbocycles. The Morgan fingerprint density at radius 2 is 1.95 bits per heavy atom. The highest BCUT2D eigenvalue weighted by atomic mass is 16.5. The molecule has 0 bridgehead atoms. The predicted molar refractivity (Wildman–Crippen MR) is 84.8 cm³/mol. The number of hydrogen-bond acceptors (Lipinski definition) is 5. The summed E-state index contributed by atoms with van der Waals surface area (Å²) in [5, 5.41) is 18.6. The van der Waals surface area contributed by atoms with Crippen molar-refractivity contribution in [1.29, 1.82) is 0 Å². The monoisotopic (exact) mass is 292 g/mol. The van der Waals surface area contributed by atoms with Crippen molar-refractivity contribution in [1.82, 2.24) is 9.80 Å². The predicted octanol–water partition coefficient (Wildman–Crippen LogP) is -0.0990. The fourth-order valence-corrected chi connectivity index (χ4v) is 2.92. The highest BCUT2D eigenvalue weighted by Gasteiger charge is 2.22. The van der Waals surface area contributed by atoms with Gasteiger partial charge in [0.2, 0.25) is 0 Å². The average Bonchev–Trinajstić information content (AvgIpc) is 2.47. The van der Waals surface area contributed by atoms with Crippen molar-refractivity contribution >= 4 is 12.6 Å². The quantitative estimate of drug-likeness (QED) is 0.742. The first-order chi connectivity index (χ1) is 10.0. The van der Waals surface area contributed by atoms with Crippen LogP contribution in [0.1, 0.15) is 18.4 Å². The van der Waals surface area contributed by atoms with Gasteiger partial charge in [0.05, 0.1) is 7.11 Å². The molecule has 1 aromatic rings. The zero-order valence-electron chi connectivity index (χ0n) is 13.1. The van der Waals surface area contributed by atoms with E-state index < -0.39 is 7.12 Å². The lowest BCUT2D eigenvalue weighted by molar-refractivity contribution is 0.139. The number of rotatable bonds is 5. The third-order valence-electron chi connectivity index (χ3n) is 4.28. The van der Waals surface area contributed by atoms with Crippen LogP contribution < -0.4 is 10.2 Å². The molecule has 0 unspecified atom stereocenters. The molecule has 1 saturated heterocycles. The minimum Gasteiger partial charge on any atom is -0.496 e. The van der Waals surface area contributed by atoms with Crippen molar-refractivity contribution in [2.45, 2.75) is 25.4 Å². The van der Waals surface area contributed by atoms with Crippen LogP contribution in [0.3, 0.4) is 0 Å². The highest BCUT2D eigenvalue weighted by Crippen LogP contribution is 2.22. The second kappa shape index (κ2) is 7.27. The summed E-state index contributed by atoms with van der Waals surface area (Å²) in [7, 11) is 4.48. The summed E-state index contributed by atoms with van der Waals surface area (Å²) in [5.74, 6) is 0.800. The molecule has 1 aliphatic heterocycles. The van der Waals surface area contributed by atoms with Gasteiger partial charge in [-0.1, -0.05) is 12.1 Å². The van der Waals surface area contributed by atoms with E-state index in [0.717, 1.165) is 43.8 Å². The summed E-state index contributed by atoms with van der Waals surface area (Å²) in [6.45, 7) is 2.89. The Kier molecular flexibility index (Phi) is 5.64. The molecule has 0 saturated carbocycles. The first-order valence-corrected chi connectivity index (χ1v) is 7.43.